The average Bonchev–Trinajstić information content (AvgIpc) is 2.63. The van der Waals surface area contributed by atoms with Gasteiger partial charge in [0.25, 0.3) is 0 Å². The summed E-state index contributed by atoms with van der Waals surface area (Å²) in [5, 5.41) is 8.00. The SMILES string of the molecule is CCC(C)(C)NCc1ccn(C(C)C)n1. The molecule has 1 heterocycles. The van der Waals surface area contributed by atoms with Gasteiger partial charge in [0.05, 0.1) is 5.69 Å². The van der Waals surface area contributed by atoms with Crippen molar-refractivity contribution in [1.82, 2.24) is 15.1 Å². The highest BCUT2D eigenvalue weighted by molar-refractivity contribution is 5.00. The Kier molecular flexibility index (Phi) is 3.91. The lowest BCUT2D eigenvalue weighted by atomic mass is 10.0. The van der Waals surface area contributed by atoms with Crippen LogP contribution in [0.5, 0.6) is 0 Å². The first-order valence-electron chi connectivity index (χ1n) is 5.73. The molecule has 0 spiro atoms. The van der Waals surface area contributed by atoms with Gasteiger partial charge in [0.15, 0.2) is 0 Å². The molecule has 0 aliphatic carbocycles. The molecule has 0 aliphatic heterocycles. The number of hydrogen-bond acceptors (Lipinski definition) is 2. The van der Waals surface area contributed by atoms with E-state index in [4.69, 9.17) is 0 Å². The molecule has 3 nitrogen and oxygen atoms in total. The Morgan fingerprint density at radius 2 is 2.13 bits per heavy atom. The second-order valence-corrected chi connectivity index (χ2v) is 4.97. The smallest absolute Gasteiger partial charge is 0.0762 e. The number of aromatic nitrogens is 2. The van der Waals surface area contributed by atoms with Crippen molar-refractivity contribution >= 4 is 0 Å². The molecule has 0 aliphatic rings. The molecule has 3 heteroatoms. The van der Waals surface area contributed by atoms with Crippen molar-refractivity contribution in [3.63, 3.8) is 0 Å². The lowest BCUT2D eigenvalue weighted by Crippen LogP contribution is -2.37. The second kappa shape index (κ2) is 4.79. The molecule has 86 valence electrons. The van der Waals surface area contributed by atoms with E-state index in [-0.39, 0.29) is 5.54 Å². The molecule has 0 fully saturated rings. The highest BCUT2D eigenvalue weighted by Crippen LogP contribution is 2.09. The van der Waals surface area contributed by atoms with Gasteiger partial charge in [0, 0.05) is 24.3 Å². The molecule has 0 saturated heterocycles. The predicted octanol–water partition coefficient (Wildman–Crippen LogP) is 2.74. The lowest BCUT2D eigenvalue weighted by Gasteiger charge is -2.23. The molecule has 15 heavy (non-hydrogen) atoms. The topological polar surface area (TPSA) is 29.9 Å². The van der Waals surface area contributed by atoms with Crippen LogP contribution in [-0.2, 0) is 6.54 Å². The van der Waals surface area contributed by atoms with E-state index >= 15 is 0 Å². The molecule has 0 bridgehead atoms. The quantitative estimate of drug-likeness (QED) is 0.808. The third-order valence-electron chi connectivity index (χ3n) is 2.82. The Morgan fingerprint density at radius 1 is 1.47 bits per heavy atom. The summed E-state index contributed by atoms with van der Waals surface area (Å²) < 4.78 is 2.00. The van der Waals surface area contributed by atoms with Crippen LogP contribution < -0.4 is 5.32 Å². The molecular formula is C12H23N3. The monoisotopic (exact) mass is 209 g/mol. The van der Waals surface area contributed by atoms with Crippen molar-refractivity contribution in [2.24, 2.45) is 0 Å². The lowest BCUT2D eigenvalue weighted by molar-refractivity contribution is 0.370. The van der Waals surface area contributed by atoms with Crippen LogP contribution >= 0.6 is 0 Å². The van der Waals surface area contributed by atoms with E-state index in [9.17, 15) is 0 Å². The summed E-state index contributed by atoms with van der Waals surface area (Å²) in [6, 6.07) is 2.52. The Balaban J connectivity index is 2.51. The Bertz CT molecular complexity index is 300. The molecule has 0 atom stereocenters. The van der Waals surface area contributed by atoms with Crippen LogP contribution in [0.3, 0.4) is 0 Å². The maximum absolute atomic E-state index is 4.50. The summed E-state index contributed by atoms with van der Waals surface area (Å²) in [7, 11) is 0. The fourth-order valence-corrected chi connectivity index (χ4v) is 1.21. The molecule has 0 unspecified atom stereocenters. The Morgan fingerprint density at radius 3 is 2.60 bits per heavy atom. The van der Waals surface area contributed by atoms with Crippen LogP contribution in [0.2, 0.25) is 0 Å². The van der Waals surface area contributed by atoms with Gasteiger partial charge in [-0.1, -0.05) is 6.92 Å². The first kappa shape index (κ1) is 12.2. The molecule has 0 aromatic carbocycles. The van der Waals surface area contributed by atoms with E-state index in [0.717, 1.165) is 18.7 Å². The van der Waals surface area contributed by atoms with Gasteiger partial charge in [0.2, 0.25) is 0 Å². The minimum Gasteiger partial charge on any atom is -0.306 e. The molecule has 0 amide bonds. The molecule has 0 saturated carbocycles. The fourth-order valence-electron chi connectivity index (χ4n) is 1.21. The first-order valence-corrected chi connectivity index (χ1v) is 5.73. The highest BCUT2D eigenvalue weighted by atomic mass is 15.3. The largest absolute Gasteiger partial charge is 0.306 e. The van der Waals surface area contributed by atoms with Gasteiger partial charge >= 0.3 is 0 Å². The predicted molar refractivity (Wildman–Crippen MR) is 63.8 cm³/mol. The van der Waals surface area contributed by atoms with Crippen LogP contribution in [0.1, 0.15) is 52.8 Å². The van der Waals surface area contributed by atoms with Crippen LogP contribution in [-0.4, -0.2) is 15.3 Å². The summed E-state index contributed by atoms with van der Waals surface area (Å²) >= 11 is 0. The zero-order valence-electron chi connectivity index (χ0n) is 10.5. The zero-order chi connectivity index (χ0) is 11.5. The Hall–Kier alpha value is -0.830. The molecule has 1 N–H and O–H groups in total. The van der Waals surface area contributed by atoms with Crippen molar-refractivity contribution < 1.29 is 0 Å². The van der Waals surface area contributed by atoms with Gasteiger partial charge in [-0.05, 0) is 40.2 Å². The summed E-state index contributed by atoms with van der Waals surface area (Å²) in [5.41, 5.74) is 1.31. The van der Waals surface area contributed by atoms with E-state index in [1.807, 2.05) is 10.9 Å². The number of hydrogen-bond donors (Lipinski definition) is 1. The van der Waals surface area contributed by atoms with Gasteiger partial charge in [-0.15, -0.1) is 0 Å². The molecule has 0 radical (unpaired) electrons. The van der Waals surface area contributed by atoms with Gasteiger partial charge in [-0.2, -0.15) is 5.10 Å². The van der Waals surface area contributed by atoms with Gasteiger partial charge in [-0.3, -0.25) is 4.68 Å². The van der Waals surface area contributed by atoms with Gasteiger partial charge in [-0.25, -0.2) is 0 Å². The number of rotatable bonds is 5. The van der Waals surface area contributed by atoms with Crippen molar-refractivity contribution in [1.29, 1.82) is 0 Å². The highest BCUT2D eigenvalue weighted by Gasteiger charge is 2.14. The minimum absolute atomic E-state index is 0.196. The molecule has 1 aromatic rings. The molecule has 1 rings (SSSR count). The number of nitrogens with zero attached hydrogens (tertiary/aromatic N) is 2. The number of nitrogens with one attached hydrogen (secondary N) is 1. The fraction of sp³-hybridized carbons (Fsp3) is 0.750. The molecular weight excluding hydrogens is 186 g/mol. The Labute approximate surface area is 92.9 Å². The van der Waals surface area contributed by atoms with Crippen LogP contribution in [0, 0.1) is 0 Å². The first-order chi connectivity index (χ1) is 6.94. The van der Waals surface area contributed by atoms with Crippen molar-refractivity contribution in [2.45, 2.75) is 59.2 Å². The van der Waals surface area contributed by atoms with Crippen LogP contribution in [0.4, 0.5) is 0 Å². The summed E-state index contributed by atoms with van der Waals surface area (Å²) in [6.45, 7) is 11.7. The van der Waals surface area contributed by atoms with Crippen molar-refractivity contribution in [3.05, 3.63) is 18.0 Å². The summed E-state index contributed by atoms with van der Waals surface area (Å²) in [5.74, 6) is 0. The maximum Gasteiger partial charge on any atom is 0.0762 e. The van der Waals surface area contributed by atoms with E-state index in [1.165, 1.54) is 0 Å². The van der Waals surface area contributed by atoms with Gasteiger partial charge < -0.3 is 5.32 Å². The second-order valence-electron chi connectivity index (χ2n) is 4.97. The van der Waals surface area contributed by atoms with E-state index in [1.54, 1.807) is 0 Å². The normalized spacial score (nSPS) is 12.4. The third-order valence-corrected chi connectivity index (χ3v) is 2.82. The summed E-state index contributed by atoms with van der Waals surface area (Å²) in [4.78, 5) is 0. The maximum atomic E-state index is 4.50. The standard InChI is InChI=1S/C12H23N3/c1-6-12(4,5)13-9-11-7-8-15(14-11)10(2)3/h7-8,10,13H,6,9H2,1-5H3. The van der Waals surface area contributed by atoms with E-state index in [0.29, 0.717) is 6.04 Å². The zero-order valence-corrected chi connectivity index (χ0v) is 10.5. The van der Waals surface area contributed by atoms with Crippen LogP contribution in [0.25, 0.3) is 0 Å². The van der Waals surface area contributed by atoms with Crippen molar-refractivity contribution in [3.8, 4) is 0 Å². The average molecular weight is 209 g/mol. The third kappa shape index (κ3) is 3.67. The molecule has 1 aromatic heterocycles. The summed E-state index contributed by atoms with van der Waals surface area (Å²) in [6.07, 6.45) is 3.17. The van der Waals surface area contributed by atoms with E-state index in [2.05, 4.69) is 51.1 Å². The van der Waals surface area contributed by atoms with E-state index < -0.39 is 0 Å². The van der Waals surface area contributed by atoms with Gasteiger partial charge in [0.1, 0.15) is 0 Å². The van der Waals surface area contributed by atoms with Crippen molar-refractivity contribution in [2.75, 3.05) is 0 Å². The van der Waals surface area contributed by atoms with Crippen LogP contribution in [0.15, 0.2) is 12.3 Å². The minimum atomic E-state index is 0.196.